The molecule has 0 fully saturated rings. The zero-order chi connectivity index (χ0) is 15.2. The largest absolute Gasteiger partial charge is 0.326 e. The topological polar surface area (TPSA) is 63.4 Å². The van der Waals surface area contributed by atoms with Crippen LogP contribution in [0, 0.1) is 0 Å². The molecule has 5 heteroatoms. The number of hydrogen-bond acceptors (Lipinski definition) is 3. The molecule has 0 aliphatic heterocycles. The molecule has 1 aromatic carbocycles. The lowest BCUT2D eigenvalue weighted by atomic mass is 10.1. The van der Waals surface area contributed by atoms with E-state index in [-0.39, 0.29) is 0 Å². The zero-order valence-corrected chi connectivity index (χ0v) is 13.1. The molecule has 0 saturated heterocycles. The van der Waals surface area contributed by atoms with E-state index in [1.807, 2.05) is 19.9 Å². The van der Waals surface area contributed by atoms with Gasteiger partial charge >= 0.3 is 0 Å². The van der Waals surface area contributed by atoms with Crippen molar-refractivity contribution < 1.29 is 8.42 Å². The summed E-state index contributed by atoms with van der Waals surface area (Å²) >= 11 is 0. The van der Waals surface area contributed by atoms with Gasteiger partial charge in [0.05, 0.1) is 4.90 Å². The first kappa shape index (κ1) is 16.9. The van der Waals surface area contributed by atoms with E-state index in [0.717, 1.165) is 24.0 Å². The average Bonchev–Trinajstić information content (AvgIpc) is 2.46. The van der Waals surface area contributed by atoms with Crippen LogP contribution in [0.5, 0.6) is 0 Å². The highest BCUT2D eigenvalue weighted by Gasteiger charge is 2.23. The first-order valence-electron chi connectivity index (χ1n) is 6.94. The van der Waals surface area contributed by atoms with Gasteiger partial charge in [0.1, 0.15) is 0 Å². The van der Waals surface area contributed by atoms with Gasteiger partial charge in [0.15, 0.2) is 0 Å². The van der Waals surface area contributed by atoms with Gasteiger partial charge in [-0.1, -0.05) is 26.0 Å². The maximum Gasteiger partial charge on any atom is 0.243 e. The lowest BCUT2D eigenvalue weighted by Gasteiger charge is -2.20. The van der Waals surface area contributed by atoms with E-state index in [2.05, 4.69) is 6.58 Å². The maximum atomic E-state index is 12.6. The lowest BCUT2D eigenvalue weighted by molar-refractivity contribution is 0.441. The van der Waals surface area contributed by atoms with E-state index in [1.165, 1.54) is 4.31 Å². The van der Waals surface area contributed by atoms with Crippen molar-refractivity contribution in [2.75, 3.05) is 13.1 Å². The molecule has 112 valence electrons. The summed E-state index contributed by atoms with van der Waals surface area (Å²) in [5.41, 5.74) is 7.69. The van der Waals surface area contributed by atoms with Gasteiger partial charge in [0.25, 0.3) is 0 Å². The molecule has 1 rings (SSSR count). The Kier molecular flexibility index (Phi) is 6.39. The molecule has 0 aromatic heterocycles. The van der Waals surface area contributed by atoms with Gasteiger partial charge in [0, 0.05) is 19.6 Å². The predicted octanol–water partition coefficient (Wildman–Crippen LogP) is 2.29. The molecule has 0 atom stereocenters. The van der Waals surface area contributed by atoms with E-state index in [4.69, 9.17) is 5.73 Å². The van der Waals surface area contributed by atoms with Crippen molar-refractivity contribution >= 4 is 10.0 Å². The van der Waals surface area contributed by atoms with Crippen molar-refractivity contribution in [3.63, 3.8) is 0 Å². The second kappa shape index (κ2) is 7.57. The standard InChI is InChI=1S/C15H24N2O2S/c1-4-9-17(10-5-2)20(18,19)15-8-7-13(6-3)14(11-15)12-16/h4,7-8,11H,1,5-6,9-10,12,16H2,2-3H3. The van der Waals surface area contributed by atoms with Gasteiger partial charge in [-0.05, 0) is 36.1 Å². The molecule has 0 aliphatic carbocycles. The molecule has 0 bridgehead atoms. The van der Waals surface area contributed by atoms with Gasteiger partial charge in [-0.3, -0.25) is 0 Å². The number of benzene rings is 1. The molecule has 4 nitrogen and oxygen atoms in total. The Morgan fingerprint density at radius 3 is 2.50 bits per heavy atom. The maximum absolute atomic E-state index is 12.6. The van der Waals surface area contributed by atoms with Crippen LogP contribution >= 0.6 is 0 Å². The molecular weight excluding hydrogens is 272 g/mol. The van der Waals surface area contributed by atoms with Crippen molar-refractivity contribution in [3.8, 4) is 0 Å². The van der Waals surface area contributed by atoms with Crippen LogP contribution in [0.3, 0.4) is 0 Å². The third-order valence-corrected chi connectivity index (χ3v) is 5.08. The quantitative estimate of drug-likeness (QED) is 0.749. The van der Waals surface area contributed by atoms with Gasteiger partial charge in [-0.15, -0.1) is 6.58 Å². The monoisotopic (exact) mass is 296 g/mol. The fourth-order valence-electron chi connectivity index (χ4n) is 2.15. The van der Waals surface area contributed by atoms with Crippen LogP contribution in [-0.4, -0.2) is 25.8 Å². The third-order valence-electron chi connectivity index (χ3n) is 3.22. The SMILES string of the molecule is C=CCN(CCC)S(=O)(=O)c1ccc(CC)c(CN)c1. The molecule has 0 amide bonds. The molecule has 0 aliphatic rings. The molecule has 0 saturated carbocycles. The van der Waals surface area contributed by atoms with Crippen molar-refractivity contribution in [1.29, 1.82) is 0 Å². The van der Waals surface area contributed by atoms with Crippen molar-refractivity contribution in [2.24, 2.45) is 5.73 Å². The minimum absolute atomic E-state index is 0.311. The average molecular weight is 296 g/mol. The van der Waals surface area contributed by atoms with Gasteiger partial charge in [-0.25, -0.2) is 8.42 Å². The molecule has 1 aromatic rings. The Labute approximate surface area is 122 Å². The summed E-state index contributed by atoms with van der Waals surface area (Å²) in [6.45, 7) is 8.77. The number of sulfonamides is 1. The van der Waals surface area contributed by atoms with Crippen LogP contribution in [0.2, 0.25) is 0 Å². The van der Waals surface area contributed by atoms with Crippen LogP contribution in [0.15, 0.2) is 35.7 Å². The summed E-state index contributed by atoms with van der Waals surface area (Å²) in [6, 6.07) is 5.21. The highest BCUT2D eigenvalue weighted by molar-refractivity contribution is 7.89. The number of hydrogen-bond donors (Lipinski definition) is 1. The lowest BCUT2D eigenvalue weighted by Crippen LogP contribution is -2.32. The fraction of sp³-hybridized carbons (Fsp3) is 0.467. The molecule has 0 spiro atoms. The molecule has 2 N–H and O–H groups in total. The molecule has 0 heterocycles. The normalized spacial score (nSPS) is 11.8. The van der Waals surface area contributed by atoms with E-state index in [0.29, 0.717) is 24.5 Å². The Balaban J connectivity index is 3.22. The van der Waals surface area contributed by atoms with E-state index in [1.54, 1.807) is 18.2 Å². The van der Waals surface area contributed by atoms with Crippen LogP contribution in [0.25, 0.3) is 0 Å². The first-order valence-corrected chi connectivity index (χ1v) is 8.38. The molecule has 0 radical (unpaired) electrons. The van der Waals surface area contributed by atoms with Crippen molar-refractivity contribution in [3.05, 3.63) is 42.0 Å². The predicted molar refractivity (Wildman–Crippen MR) is 83.0 cm³/mol. The van der Waals surface area contributed by atoms with Gasteiger partial charge in [0.2, 0.25) is 10.0 Å². The second-order valence-corrected chi connectivity index (χ2v) is 6.58. The summed E-state index contributed by atoms with van der Waals surface area (Å²) in [7, 11) is -3.48. The fourth-order valence-corrected chi connectivity index (χ4v) is 3.70. The first-order chi connectivity index (χ1) is 9.51. The number of aryl methyl sites for hydroxylation is 1. The summed E-state index contributed by atoms with van der Waals surface area (Å²) in [5.74, 6) is 0. The minimum Gasteiger partial charge on any atom is -0.326 e. The Bertz CT molecular complexity index is 553. The van der Waals surface area contributed by atoms with Crippen LogP contribution < -0.4 is 5.73 Å². The smallest absolute Gasteiger partial charge is 0.243 e. The highest BCUT2D eigenvalue weighted by atomic mass is 32.2. The summed E-state index contributed by atoms with van der Waals surface area (Å²) < 4.78 is 26.7. The number of nitrogens with zero attached hydrogens (tertiary/aromatic N) is 1. The summed E-state index contributed by atoms with van der Waals surface area (Å²) in [6.07, 6.45) is 3.22. The Morgan fingerprint density at radius 1 is 1.30 bits per heavy atom. The third kappa shape index (κ3) is 3.69. The summed E-state index contributed by atoms with van der Waals surface area (Å²) in [4.78, 5) is 0.311. The van der Waals surface area contributed by atoms with Crippen molar-refractivity contribution in [2.45, 2.75) is 38.1 Å². The Morgan fingerprint density at radius 2 is 2.00 bits per heavy atom. The van der Waals surface area contributed by atoms with Gasteiger partial charge in [-0.2, -0.15) is 4.31 Å². The number of nitrogens with two attached hydrogens (primary N) is 1. The van der Waals surface area contributed by atoms with Crippen LogP contribution in [0.4, 0.5) is 0 Å². The minimum atomic E-state index is -3.48. The van der Waals surface area contributed by atoms with Gasteiger partial charge < -0.3 is 5.73 Å². The van der Waals surface area contributed by atoms with Crippen molar-refractivity contribution in [1.82, 2.24) is 4.31 Å². The number of rotatable bonds is 8. The van der Waals surface area contributed by atoms with E-state index >= 15 is 0 Å². The molecule has 0 unspecified atom stereocenters. The van der Waals surface area contributed by atoms with Crippen LogP contribution in [-0.2, 0) is 23.0 Å². The van der Waals surface area contributed by atoms with Crippen LogP contribution in [0.1, 0.15) is 31.4 Å². The molecular formula is C15H24N2O2S. The Hall–Kier alpha value is -1.17. The molecule has 20 heavy (non-hydrogen) atoms. The van der Waals surface area contributed by atoms with E-state index in [9.17, 15) is 8.42 Å². The highest BCUT2D eigenvalue weighted by Crippen LogP contribution is 2.20. The second-order valence-electron chi connectivity index (χ2n) is 4.64. The van der Waals surface area contributed by atoms with E-state index < -0.39 is 10.0 Å². The summed E-state index contributed by atoms with van der Waals surface area (Å²) in [5, 5.41) is 0. The zero-order valence-electron chi connectivity index (χ0n) is 12.3.